The van der Waals surface area contributed by atoms with Crippen LogP contribution < -0.4 is 15.7 Å². The molecular weight excluding hydrogens is 225 g/mol. The third-order valence-corrected chi connectivity index (χ3v) is 4.82. The molecule has 2 aromatic carbocycles. The first-order valence-electron chi connectivity index (χ1n) is 5.94. The molecule has 0 saturated carbocycles. The normalized spacial score (nSPS) is 11.1. The number of nitrogens with one attached hydrogen (secondary N) is 1. The van der Waals surface area contributed by atoms with Gasteiger partial charge in [-0.3, -0.25) is 5.09 Å². The molecule has 0 aliphatic carbocycles. The van der Waals surface area contributed by atoms with Crippen molar-refractivity contribution in [1.29, 1.82) is 0 Å². The minimum absolute atomic E-state index is 0.440. The van der Waals surface area contributed by atoms with Gasteiger partial charge in [0, 0.05) is 14.1 Å². The molecule has 2 heteroatoms. The monoisotopic (exact) mass is 243 g/mol. The van der Waals surface area contributed by atoms with Crippen molar-refractivity contribution in [2.45, 2.75) is 19.9 Å². The number of rotatable bonds is 4. The summed E-state index contributed by atoms with van der Waals surface area (Å²) in [5.41, 5.74) is 0. The average molecular weight is 243 g/mol. The Morgan fingerprint density at radius 1 is 0.765 bits per heavy atom. The number of hydrogen-bond donors (Lipinski definition) is 1. The van der Waals surface area contributed by atoms with Crippen molar-refractivity contribution < 1.29 is 0 Å². The van der Waals surface area contributed by atoms with Gasteiger partial charge in [-0.1, -0.05) is 60.7 Å². The summed E-state index contributed by atoms with van der Waals surface area (Å²) in [6.45, 7) is 4.39. The summed E-state index contributed by atoms with van der Waals surface area (Å²) in [4.78, 5) is 0. The molecule has 0 heterocycles. The van der Waals surface area contributed by atoms with Gasteiger partial charge in [0.1, 0.15) is 0 Å². The molecule has 0 radical (unpaired) electrons. The molecule has 0 atom stereocenters. The standard InChI is InChI=1S/C15H18NP/c1-13(2)16-17(14-9-5-3-6-10-14)15-11-7-4-8-12-15/h3-13,16H,1-2H3. The maximum Gasteiger partial charge on any atom is 0.0255 e. The van der Waals surface area contributed by atoms with E-state index in [1.165, 1.54) is 10.6 Å². The molecule has 2 rings (SSSR count). The summed E-state index contributed by atoms with van der Waals surface area (Å²) in [5, 5.41) is 6.43. The molecule has 1 nitrogen and oxygen atoms in total. The lowest BCUT2D eigenvalue weighted by molar-refractivity contribution is 0.765. The molecule has 0 bridgehead atoms. The smallest absolute Gasteiger partial charge is 0.0255 e. The molecule has 0 spiro atoms. The fraction of sp³-hybridized carbons (Fsp3) is 0.200. The van der Waals surface area contributed by atoms with Crippen LogP contribution in [0.3, 0.4) is 0 Å². The number of hydrogen-bond acceptors (Lipinski definition) is 1. The lowest BCUT2D eigenvalue weighted by Crippen LogP contribution is -2.28. The highest BCUT2D eigenvalue weighted by molar-refractivity contribution is 7.71. The average Bonchev–Trinajstić information content (AvgIpc) is 2.38. The van der Waals surface area contributed by atoms with Gasteiger partial charge in [-0.25, -0.2) is 0 Å². The van der Waals surface area contributed by atoms with E-state index in [0.29, 0.717) is 6.04 Å². The molecule has 2 aromatic rings. The summed E-state index contributed by atoms with van der Waals surface area (Å²) in [7, 11) is -0.440. The quantitative estimate of drug-likeness (QED) is 0.814. The van der Waals surface area contributed by atoms with Crippen LogP contribution in [-0.2, 0) is 0 Å². The molecule has 0 aliphatic heterocycles. The predicted octanol–water partition coefficient (Wildman–Crippen LogP) is 3.03. The molecule has 17 heavy (non-hydrogen) atoms. The Hall–Kier alpha value is -1.17. The zero-order chi connectivity index (χ0) is 12.1. The van der Waals surface area contributed by atoms with Crippen LogP contribution in [-0.4, -0.2) is 6.04 Å². The van der Waals surface area contributed by atoms with Gasteiger partial charge in [-0.15, -0.1) is 0 Å². The Morgan fingerprint density at radius 3 is 1.53 bits per heavy atom. The predicted molar refractivity (Wildman–Crippen MR) is 77.3 cm³/mol. The van der Waals surface area contributed by atoms with Gasteiger partial charge in [0.25, 0.3) is 0 Å². The molecule has 0 amide bonds. The van der Waals surface area contributed by atoms with Crippen LogP contribution in [0.2, 0.25) is 0 Å². The second-order valence-corrected chi connectivity index (χ2v) is 6.25. The lowest BCUT2D eigenvalue weighted by Gasteiger charge is -2.22. The topological polar surface area (TPSA) is 12.0 Å². The molecule has 0 unspecified atom stereocenters. The SMILES string of the molecule is CC(C)NP(c1ccccc1)c1ccccc1. The van der Waals surface area contributed by atoms with Crippen LogP contribution in [0.4, 0.5) is 0 Å². The molecule has 0 aromatic heterocycles. The fourth-order valence-electron chi connectivity index (χ4n) is 1.71. The largest absolute Gasteiger partial charge is 0.286 e. The summed E-state index contributed by atoms with van der Waals surface area (Å²) in [6.07, 6.45) is 0. The molecule has 0 fully saturated rings. The van der Waals surface area contributed by atoms with Crippen molar-refractivity contribution in [2.75, 3.05) is 0 Å². The van der Waals surface area contributed by atoms with Crippen LogP contribution in [0.1, 0.15) is 13.8 Å². The van der Waals surface area contributed by atoms with Crippen molar-refractivity contribution in [1.82, 2.24) is 5.09 Å². The van der Waals surface area contributed by atoms with Crippen molar-refractivity contribution >= 4 is 18.7 Å². The van der Waals surface area contributed by atoms with E-state index < -0.39 is 8.07 Å². The van der Waals surface area contributed by atoms with Crippen LogP contribution in [0.5, 0.6) is 0 Å². The van der Waals surface area contributed by atoms with E-state index in [-0.39, 0.29) is 0 Å². The Balaban J connectivity index is 2.32. The summed E-state index contributed by atoms with van der Waals surface area (Å²) in [5.74, 6) is 0. The Bertz CT molecular complexity index is 399. The van der Waals surface area contributed by atoms with Gasteiger partial charge in [0.2, 0.25) is 0 Å². The fourth-order valence-corrected chi connectivity index (χ4v) is 3.76. The number of benzene rings is 2. The molecular formula is C15H18NP. The van der Waals surface area contributed by atoms with Crippen LogP contribution in [0.15, 0.2) is 60.7 Å². The Kier molecular flexibility index (Phi) is 4.30. The third kappa shape index (κ3) is 3.39. The Labute approximate surface area is 105 Å². The summed E-state index contributed by atoms with van der Waals surface area (Å²) < 4.78 is 0. The first-order chi connectivity index (χ1) is 8.27. The first kappa shape index (κ1) is 12.3. The zero-order valence-corrected chi connectivity index (χ0v) is 11.2. The highest BCUT2D eigenvalue weighted by atomic mass is 31.1. The van der Waals surface area contributed by atoms with Gasteiger partial charge in [0.15, 0.2) is 0 Å². The van der Waals surface area contributed by atoms with E-state index >= 15 is 0 Å². The van der Waals surface area contributed by atoms with Gasteiger partial charge in [0.05, 0.1) is 0 Å². The maximum absolute atomic E-state index is 3.68. The van der Waals surface area contributed by atoms with Gasteiger partial charge in [-0.2, -0.15) is 0 Å². The highest BCUT2D eigenvalue weighted by Crippen LogP contribution is 2.28. The van der Waals surface area contributed by atoms with Gasteiger partial charge in [-0.05, 0) is 24.5 Å². The van der Waals surface area contributed by atoms with Gasteiger partial charge < -0.3 is 0 Å². The van der Waals surface area contributed by atoms with E-state index in [9.17, 15) is 0 Å². The van der Waals surface area contributed by atoms with Crippen molar-refractivity contribution in [3.05, 3.63) is 60.7 Å². The van der Waals surface area contributed by atoms with Crippen molar-refractivity contribution in [3.8, 4) is 0 Å². The Morgan fingerprint density at radius 2 is 1.18 bits per heavy atom. The maximum atomic E-state index is 3.68. The molecule has 1 N–H and O–H groups in total. The minimum atomic E-state index is -0.440. The summed E-state index contributed by atoms with van der Waals surface area (Å²) >= 11 is 0. The van der Waals surface area contributed by atoms with Crippen LogP contribution in [0.25, 0.3) is 0 Å². The lowest BCUT2D eigenvalue weighted by atomic mass is 10.4. The van der Waals surface area contributed by atoms with E-state index in [4.69, 9.17) is 0 Å². The van der Waals surface area contributed by atoms with Crippen LogP contribution in [0, 0.1) is 0 Å². The highest BCUT2D eigenvalue weighted by Gasteiger charge is 2.13. The van der Waals surface area contributed by atoms with E-state index in [2.05, 4.69) is 79.6 Å². The first-order valence-corrected chi connectivity index (χ1v) is 7.28. The van der Waals surface area contributed by atoms with Gasteiger partial charge >= 0.3 is 0 Å². The second kappa shape index (κ2) is 5.95. The molecule has 88 valence electrons. The zero-order valence-electron chi connectivity index (χ0n) is 10.3. The van der Waals surface area contributed by atoms with E-state index in [0.717, 1.165) is 0 Å². The third-order valence-electron chi connectivity index (χ3n) is 2.42. The van der Waals surface area contributed by atoms with Crippen LogP contribution >= 0.6 is 8.07 Å². The molecule has 0 saturated heterocycles. The summed E-state index contributed by atoms with van der Waals surface area (Å²) in [6, 6.07) is 21.9. The second-order valence-electron chi connectivity index (χ2n) is 4.29. The van der Waals surface area contributed by atoms with Crippen molar-refractivity contribution in [3.63, 3.8) is 0 Å². The minimum Gasteiger partial charge on any atom is -0.286 e. The van der Waals surface area contributed by atoms with Crippen molar-refractivity contribution in [2.24, 2.45) is 0 Å². The molecule has 0 aliphatic rings. The van der Waals surface area contributed by atoms with E-state index in [1.807, 2.05) is 0 Å². The van der Waals surface area contributed by atoms with E-state index in [1.54, 1.807) is 0 Å².